The first kappa shape index (κ1) is 14.6. The monoisotopic (exact) mass is 249 g/mol. The second kappa shape index (κ2) is 5.89. The molecule has 0 saturated heterocycles. The number of amides is 1. The zero-order valence-corrected chi connectivity index (χ0v) is 11.9. The topological polar surface area (TPSA) is 38.3 Å². The Kier molecular flexibility index (Phi) is 4.76. The Bertz CT molecular complexity index is 379. The summed E-state index contributed by atoms with van der Waals surface area (Å²) in [6, 6.07) is 9.92. The van der Waals surface area contributed by atoms with Crippen molar-refractivity contribution in [2.45, 2.75) is 46.3 Å². The fourth-order valence-corrected chi connectivity index (χ4v) is 1.73. The highest BCUT2D eigenvalue weighted by Crippen LogP contribution is 2.21. The molecule has 0 bridgehead atoms. The van der Waals surface area contributed by atoms with E-state index in [0.717, 1.165) is 5.56 Å². The van der Waals surface area contributed by atoms with E-state index in [2.05, 4.69) is 19.2 Å². The maximum atomic E-state index is 11.8. The Labute approximate surface area is 110 Å². The number of carbonyl (C=O) groups excluding carboxylic acids is 1. The minimum Gasteiger partial charge on any atom is -0.444 e. The number of benzene rings is 1. The lowest BCUT2D eigenvalue weighted by molar-refractivity contribution is 0.0489. The summed E-state index contributed by atoms with van der Waals surface area (Å²) in [7, 11) is 0. The lowest BCUT2D eigenvalue weighted by Crippen LogP contribution is -2.36. The lowest BCUT2D eigenvalue weighted by atomic mass is 9.96. The molecule has 3 heteroatoms. The van der Waals surface area contributed by atoms with E-state index >= 15 is 0 Å². The fourth-order valence-electron chi connectivity index (χ4n) is 1.73. The van der Waals surface area contributed by atoms with E-state index in [1.807, 2.05) is 51.1 Å². The summed E-state index contributed by atoms with van der Waals surface area (Å²) >= 11 is 0. The van der Waals surface area contributed by atoms with Gasteiger partial charge < -0.3 is 10.1 Å². The van der Waals surface area contributed by atoms with Gasteiger partial charge in [-0.05, 0) is 32.3 Å². The minimum atomic E-state index is -0.470. The second-order valence-corrected chi connectivity index (χ2v) is 5.78. The smallest absolute Gasteiger partial charge is 0.408 e. The molecule has 1 N–H and O–H groups in total. The molecule has 3 nitrogen and oxygen atoms in total. The first-order chi connectivity index (χ1) is 8.29. The fraction of sp³-hybridized carbons (Fsp3) is 0.533. The molecule has 0 aliphatic carbocycles. The van der Waals surface area contributed by atoms with Gasteiger partial charge in [0.05, 0.1) is 6.04 Å². The van der Waals surface area contributed by atoms with E-state index < -0.39 is 5.60 Å². The van der Waals surface area contributed by atoms with E-state index in [4.69, 9.17) is 4.74 Å². The summed E-state index contributed by atoms with van der Waals surface area (Å²) in [6.45, 7) is 9.74. The third-order valence-corrected chi connectivity index (χ3v) is 2.50. The second-order valence-electron chi connectivity index (χ2n) is 5.78. The van der Waals surface area contributed by atoms with Crippen LogP contribution in [-0.2, 0) is 4.74 Å². The van der Waals surface area contributed by atoms with Gasteiger partial charge in [0.2, 0.25) is 0 Å². The Hall–Kier alpha value is -1.51. The van der Waals surface area contributed by atoms with Gasteiger partial charge in [-0.1, -0.05) is 44.2 Å². The molecule has 1 amide bonds. The normalized spacial score (nSPS) is 13.2. The SMILES string of the molecule is CC(C)[C@@H](NC(=O)OC(C)(C)C)c1ccccc1. The van der Waals surface area contributed by atoms with E-state index in [1.54, 1.807) is 0 Å². The van der Waals surface area contributed by atoms with Crippen LogP contribution in [0.1, 0.15) is 46.2 Å². The Balaban J connectivity index is 2.74. The summed E-state index contributed by atoms with van der Waals surface area (Å²) in [5, 5.41) is 2.93. The number of alkyl carbamates (subject to hydrolysis) is 1. The van der Waals surface area contributed by atoms with Crippen LogP contribution in [0, 0.1) is 5.92 Å². The molecule has 0 heterocycles. The molecule has 100 valence electrons. The summed E-state index contributed by atoms with van der Waals surface area (Å²) < 4.78 is 5.29. The minimum absolute atomic E-state index is 0.0268. The number of carbonyl (C=O) groups is 1. The number of nitrogens with one attached hydrogen (secondary N) is 1. The molecule has 0 spiro atoms. The van der Waals surface area contributed by atoms with Crippen LogP contribution in [0.15, 0.2) is 30.3 Å². The number of ether oxygens (including phenoxy) is 1. The van der Waals surface area contributed by atoms with Gasteiger partial charge in [0.1, 0.15) is 5.60 Å². The van der Waals surface area contributed by atoms with Crippen LogP contribution in [0.25, 0.3) is 0 Å². The average molecular weight is 249 g/mol. The molecule has 1 rings (SSSR count). The predicted molar refractivity (Wildman–Crippen MR) is 73.4 cm³/mol. The summed E-state index contributed by atoms with van der Waals surface area (Å²) in [5.74, 6) is 0.305. The molecule has 1 aromatic carbocycles. The highest BCUT2D eigenvalue weighted by Gasteiger charge is 2.22. The van der Waals surface area contributed by atoms with Crippen LogP contribution in [0.3, 0.4) is 0 Å². The molecule has 1 aromatic rings. The van der Waals surface area contributed by atoms with Crippen molar-refractivity contribution < 1.29 is 9.53 Å². The van der Waals surface area contributed by atoms with Crippen LogP contribution in [0.2, 0.25) is 0 Å². The van der Waals surface area contributed by atoms with Crippen molar-refractivity contribution in [3.05, 3.63) is 35.9 Å². The van der Waals surface area contributed by atoms with Crippen LogP contribution >= 0.6 is 0 Å². The van der Waals surface area contributed by atoms with E-state index in [9.17, 15) is 4.79 Å². The maximum Gasteiger partial charge on any atom is 0.408 e. The lowest BCUT2D eigenvalue weighted by Gasteiger charge is -2.26. The summed E-state index contributed by atoms with van der Waals surface area (Å²) in [6.07, 6.45) is -0.370. The van der Waals surface area contributed by atoms with Crippen molar-refractivity contribution in [3.63, 3.8) is 0 Å². The highest BCUT2D eigenvalue weighted by molar-refractivity contribution is 5.68. The number of hydrogen-bond donors (Lipinski definition) is 1. The Morgan fingerprint density at radius 2 is 1.72 bits per heavy atom. The van der Waals surface area contributed by atoms with Gasteiger partial charge in [-0.25, -0.2) is 4.79 Å². The van der Waals surface area contributed by atoms with Crippen molar-refractivity contribution in [1.82, 2.24) is 5.32 Å². The third kappa shape index (κ3) is 4.78. The molecule has 0 aromatic heterocycles. The standard InChI is InChI=1S/C15H23NO2/c1-11(2)13(12-9-7-6-8-10-12)16-14(17)18-15(3,4)5/h6-11,13H,1-5H3,(H,16,17)/t13-/m1/s1. The largest absolute Gasteiger partial charge is 0.444 e. The van der Waals surface area contributed by atoms with E-state index in [1.165, 1.54) is 0 Å². The molecule has 0 saturated carbocycles. The molecule has 0 aliphatic heterocycles. The molecule has 0 unspecified atom stereocenters. The molecule has 0 aliphatic rings. The Morgan fingerprint density at radius 1 is 1.17 bits per heavy atom. The predicted octanol–water partition coefficient (Wildman–Crippen LogP) is 3.91. The molecule has 0 radical (unpaired) electrons. The van der Waals surface area contributed by atoms with Gasteiger partial charge in [-0.3, -0.25) is 0 Å². The van der Waals surface area contributed by atoms with Gasteiger partial charge >= 0.3 is 6.09 Å². The zero-order valence-electron chi connectivity index (χ0n) is 11.9. The average Bonchev–Trinajstić information content (AvgIpc) is 2.24. The highest BCUT2D eigenvalue weighted by atomic mass is 16.6. The van der Waals surface area contributed by atoms with Gasteiger partial charge in [-0.15, -0.1) is 0 Å². The molecular formula is C15H23NO2. The van der Waals surface area contributed by atoms with Crippen molar-refractivity contribution in [1.29, 1.82) is 0 Å². The van der Waals surface area contributed by atoms with Gasteiger partial charge in [-0.2, -0.15) is 0 Å². The molecule has 18 heavy (non-hydrogen) atoms. The molecule has 1 atom stereocenters. The van der Waals surface area contributed by atoms with E-state index in [-0.39, 0.29) is 12.1 Å². The van der Waals surface area contributed by atoms with Gasteiger partial charge in [0.25, 0.3) is 0 Å². The quantitative estimate of drug-likeness (QED) is 0.882. The van der Waals surface area contributed by atoms with Gasteiger partial charge in [0, 0.05) is 0 Å². The van der Waals surface area contributed by atoms with Gasteiger partial charge in [0.15, 0.2) is 0 Å². The zero-order chi connectivity index (χ0) is 13.8. The summed E-state index contributed by atoms with van der Waals surface area (Å²) in [4.78, 5) is 11.8. The maximum absolute atomic E-state index is 11.8. The number of rotatable bonds is 3. The van der Waals surface area contributed by atoms with Crippen molar-refractivity contribution >= 4 is 6.09 Å². The van der Waals surface area contributed by atoms with Crippen molar-refractivity contribution in [3.8, 4) is 0 Å². The molecular weight excluding hydrogens is 226 g/mol. The van der Waals surface area contributed by atoms with E-state index in [0.29, 0.717) is 5.92 Å². The van der Waals surface area contributed by atoms with Crippen LogP contribution in [0.5, 0.6) is 0 Å². The van der Waals surface area contributed by atoms with Crippen molar-refractivity contribution in [2.75, 3.05) is 0 Å². The summed E-state index contributed by atoms with van der Waals surface area (Å²) in [5.41, 5.74) is 0.626. The first-order valence-electron chi connectivity index (χ1n) is 6.34. The van der Waals surface area contributed by atoms with Crippen LogP contribution < -0.4 is 5.32 Å². The molecule has 0 fully saturated rings. The first-order valence-corrected chi connectivity index (χ1v) is 6.34. The third-order valence-electron chi connectivity index (χ3n) is 2.50. The number of hydrogen-bond acceptors (Lipinski definition) is 2. The van der Waals surface area contributed by atoms with Crippen molar-refractivity contribution in [2.24, 2.45) is 5.92 Å². The van der Waals surface area contributed by atoms with Crippen LogP contribution in [-0.4, -0.2) is 11.7 Å². The Morgan fingerprint density at radius 3 is 2.17 bits per heavy atom. The van der Waals surface area contributed by atoms with Crippen LogP contribution in [0.4, 0.5) is 4.79 Å².